The van der Waals surface area contributed by atoms with Crippen molar-refractivity contribution in [3.63, 3.8) is 0 Å². The topological polar surface area (TPSA) is 81.4 Å². The van der Waals surface area contributed by atoms with Gasteiger partial charge < -0.3 is 15.8 Å². The summed E-state index contributed by atoms with van der Waals surface area (Å²) in [6, 6.07) is -0.627. The maximum absolute atomic E-state index is 12.4. The molecule has 5 heteroatoms. The number of carbonyl (C=O) groups is 2. The number of esters is 1. The predicted octanol–water partition coefficient (Wildman–Crippen LogP) is 2.22. The van der Waals surface area contributed by atoms with Crippen LogP contribution in [0.2, 0.25) is 0 Å². The van der Waals surface area contributed by atoms with Gasteiger partial charge in [0.2, 0.25) is 0 Å². The zero-order valence-corrected chi connectivity index (χ0v) is 14.1. The fourth-order valence-electron chi connectivity index (χ4n) is 2.98. The normalized spacial score (nSPS) is 22.8. The molecule has 0 aromatic carbocycles. The third-order valence-electron chi connectivity index (χ3n) is 4.28. The van der Waals surface area contributed by atoms with Crippen molar-refractivity contribution in [1.82, 2.24) is 5.32 Å². The molecule has 23 heavy (non-hydrogen) atoms. The van der Waals surface area contributed by atoms with Gasteiger partial charge in [-0.1, -0.05) is 32.1 Å². The number of ether oxygens (including phenoxy) is 1. The van der Waals surface area contributed by atoms with Gasteiger partial charge in [0, 0.05) is 11.6 Å². The fourth-order valence-corrected chi connectivity index (χ4v) is 2.98. The standard InChI is InChI=1S/C18H28N2O3/c1-12(2)11-16(18(22)23-15-5-3-4-6-15)20-17(21)13-7-9-14(19)10-8-13/h7-9,12,14-16H,3-6,10-11,19H2,1-2H3,(H,20,21)/t14?,16-/m0/s1. The minimum absolute atomic E-state index is 0.0147. The van der Waals surface area contributed by atoms with Gasteiger partial charge in [-0.15, -0.1) is 0 Å². The maximum atomic E-state index is 12.4. The zero-order chi connectivity index (χ0) is 16.8. The van der Waals surface area contributed by atoms with Crippen LogP contribution in [0.1, 0.15) is 52.4 Å². The lowest BCUT2D eigenvalue weighted by molar-refractivity contribution is -0.153. The molecule has 0 saturated heterocycles. The van der Waals surface area contributed by atoms with E-state index in [9.17, 15) is 9.59 Å². The smallest absolute Gasteiger partial charge is 0.328 e. The largest absolute Gasteiger partial charge is 0.461 e. The Morgan fingerprint density at radius 3 is 2.61 bits per heavy atom. The molecule has 2 rings (SSSR count). The maximum Gasteiger partial charge on any atom is 0.328 e. The number of nitrogens with two attached hydrogens (primary N) is 1. The summed E-state index contributed by atoms with van der Waals surface area (Å²) in [5.41, 5.74) is 6.33. The number of amides is 1. The van der Waals surface area contributed by atoms with Crippen molar-refractivity contribution in [3.05, 3.63) is 23.8 Å². The van der Waals surface area contributed by atoms with E-state index in [4.69, 9.17) is 10.5 Å². The lowest BCUT2D eigenvalue weighted by Crippen LogP contribution is -2.44. The second-order valence-corrected chi connectivity index (χ2v) is 6.92. The molecule has 2 atom stereocenters. The van der Waals surface area contributed by atoms with Gasteiger partial charge in [0.25, 0.3) is 5.91 Å². The van der Waals surface area contributed by atoms with Crippen LogP contribution in [0.4, 0.5) is 0 Å². The third-order valence-corrected chi connectivity index (χ3v) is 4.28. The summed E-state index contributed by atoms with van der Waals surface area (Å²) in [6.07, 6.45) is 10.7. The number of carbonyl (C=O) groups excluding carboxylic acids is 2. The summed E-state index contributed by atoms with van der Waals surface area (Å²) < 4.78 is 5.57. The summed E-state index contributed by atoms with van der Waals surface area (Å²) in [6.45, 7) is 4.06. The molecule has 1 saturated carbocycles. The second-order valence-electron chi connectivity index (χ2n) is 6.92. The van der Waals surface area contributed by atoms with Crippen molar-refractivity contribution in [1.29, 1.82) is 0 Å². The Kier molecular flexibility index (Phi) is 6.39. The van der Waals surface area contributed by atoms with E-state index in [-0.39, 0.29) is 24.0 Å². The molecule has 0 radical (unpaired) electrons. The molecule has 1 amide bonds. The lowest BCUT2D eigenvalue weighted by atomic mass is 10.0. The average molecular weight is 320 g/mol. The highest BCUT2D eigenvalue weighted by Gasteiger charge is 2.28. The van der Waals surface area contributed by atoms with Gasteiger partial charge in [0.05, 0.1) is 0 Å². The Labute approximate surface area is 138 Å². The molecule has 0 aromatic rings. The Balaban J connectivity index is 1.95. The van der Waals surface area contributed by atoms with Gasteiger partial charge in [0.15, 0.2) is 0 Å². The molecule has 128 valence electrons. The minimum Gasteiger partial charge on any atom is -0.461 e. The van der Waals surface area contributed by atoms with Gasteiger partial charge >= 0.3 is 5.97 Å². The summed E-state index contributed by atoms with van der Waals surface area (Å²) >= 11 is 0. The van der Waals surface area contributed by atoms with Crippen molar-refractivity contribution < 1.29 is 14.3 Å². The second kappa shape index (κ2) is 8.29. The van der Waals surface area contributed by atoms with E-state index in [0.717, 1.165) is 25.7 Å². The van der Waals surface area contributed by atoms with Crippen LogP contribution in [0, 0.1) is 5.92 Å². The SMILES string of the molecule is CC(C)C[C@H](NC(=O)C1=CCC(N)C=C1)C(=O)OC1CCCC1. The first-order valence-electron chi connectivity index (χ1n) is 8.61. The van der Waals surface area contributed by atoms with Crippen molar-refractivity contribution in [2.45, 2.75) is 70.6 Å². The monoisotopic (exact) mass is 320 g/mol. The van der Waals surface area contributed by atoms with E-state index < -0.39 is 6.04 Å². The molecule has 0 bridgehead atoms. The third kappa shape index (κ3) is 5.50. The van der Waals surface area contributed by atoms with Gasteiger partial charge in [-0.2, -0.15) is 0 Å². The molecule has 2 aliphatic carbocycles. The van der Waals surface area contributed by atoms with Crippen LogP contribution < -0.4 is 11.1 Å². The van der Waals surface area contributed by atoms with Crippen LogP contribution >= 0.6 is 0 Å². The molecular weight excluding hydrogens is 292 g/mol. The van der Waals surface area contributed by atoms with E-state index in [2.05, 4.69) is 5.32 Å². The summed E-state index contributed by atoms with van der Waals surface area (Å²) in [4.78, 5) is 24.8. The highest BCUT2D eigenvalue weighted by molar-refractivity contribution is 5.98. The van der Waals surface area contributed by atoms with Gasteiger partial charge in [-0.3, -0.25) is 4.79 Å². The number of nitrogens with one attached hydrogen (secondary N) is 1. The predicted molar refractivity (Wildman–Crippen MR) is 89.5 cm³/mol. The van der Waals surface area contributed by atoms with Crippen LogP contribution in [0.25, 0.3) is 0 Å². The van der Waals surface area contributed by atoms with E-state index in [0.29, 0.717) is 24.3 Å². The molecule has 0 spiro atoms. The van der Waals surface area contributed by atoms with E-state index in [1.54, 1.807) is 6.08 Å². The quantitative estimate of drug-likeness (QED) is 0.735. The summed E-state index contributed by atoms with van der Waals surface area (Å²) in [5, 5.41) is 2.83. The molecule has 1 fully saturated rings. The first-order chi connectivity index (χ1) is 11.0. The Bertz CT molecular complexity index is 490. The summed E-state index contributed by atoms with van der Waals surface area (Å²) in [5.74, 6) is -0.251. The molecule has 2 aliphatic rings. The van der Waals surface area contributed by atoms with Gasteiger partial charge in [-0.25, -0.2) is 4.79 Å². The van der Waals surface area contributed by atoms with Crippen LogP contribution in [-0.4, -0.2) is 30.1 Å². The van der Waals surface area contributed by atoms with E-state index in [1.165, 1.54) is 0 Å². The highest BCUT2D eigenvalue weighted by atomic mass is 16.5. The number of hydrogen-bond donors (Lipinski definition) is 2. The molecule has 0 aromatic heterocycles. The first kappa shape index (κ1) is 17.7. The van der Waals surface area contributed by atoms with Gasteiger partial charge in [-0.05, 0) is 44.4 Å². The van der Waals surface area contributed by atoms with Crippen molar-refractivity contribution in [2.24, 2.45) is 11.7 Å². The fraction of sp³-hybridized carbons (Fsp3) is 0.667. The Morgan fingerprint density at radius 2 is 2.04 bits per heavy atom. The molecule has 0 aliphatic heterocycles. The molecule has 3 N–H and O–H groups in total. The first-order valence-corrected chi connectivity index (χ1v) is 8.61. The van der Waals surface area contributed by atoms with Crippen molar-refractivity contribution in [2.75, 3.05) is 0 Å². The molecular formula is C18H28N2O3. The highest BCUT2D eigenvalue weighted by Crippen LogP contribution is 2.22. The Morgan fingerprint density at radius 1 is 1.35 bits per heavy atom. The van der Waals surface area contributed by atoms with Crippen LogP contribution in [0.15, 0.2) is 23.8 Å². The van der Waals surface area contributed by atoms with E-state index in [1.807, 2.05) is 26.0 Å². The number of hydrogen-bond acceptors (Lipinski definition) is 4. The van der Waals surface area contributed by atoms with Gasteiger partial charge in [0.1, 0.15) is 12.1 Å². The van der Waals surface area contributed by atoms with Crippen LogP contribution in [0.5, 0.6) is 0 Å². The minimum atomic E-state index is -0.590. The summed E-state index contributed by atoms with van der Waals surface area (Å²) in [7, 11) is 0. The van der Waals surface area contributed by atoms with Crippen molar-refractivity contribution in [3.8, 4) is 0 Å². The van der Waals surface area contributed by atoms with Crippen LogP contribution in [0.3, 0.4) is 0 Å². The molecule has 0 heterocycles. The van der Waals surface area contributed by atoms with Crippen molar-refractivity contribution >= 4 is 11.9 Å². The number of rotatable bonds is 6. The van der Waals surface area contributed by atoms with Crippen LogP contribution in [-0.2, 0) is 14.3 Å². The van der Waals surface area contributed by atoms with E-state index >= 15 is 0 Å². The lowest BCUT2D eigenvalue weighted by Gasteiger charge is -2.22. The average Bonchev–Trinajstić information content (AvgIpc) is 2.99. The zero-order valence-electron chi connectivity index (χ0n) is 14.1. The molecule has 1 unspecified atom stereocenters. The molecule has 5 nitrogen and oxygen atoms in total. The Hall–Kier alpha value is -1.62.